The first-order chi connectivity index (χ1) is 9.53. The minimum atomic E-state index is -3.19. The highest BCUT2D eigenvalue weighted by Gasteiger charge is 2.29. The summed E-state index contributed by atoms with van der Waals surface area (Å²) in [6, 6.07) is -0.0639. The third-order valence-electron chi connectivity index (χ3n) is 4.34. The van der Waals surface area contributed by atoms with Crippen molar-refractivity contribution >= 4 is 15.9 Å². The monoisotopic (exact) mass is 318 g/mol. The Labute approximate surface area is 129 Å². The maximum atomic E-state index is 11.9. The zero-order valence-corrected chi connectivity index (χ0v) is 14.7. The number of carbonyl (C=O) groups is 1. The lowest BCUT2D eigenvalue weighted by Crippen LogP contribution is -2.48. The van der Waals surface area contributed by atoms with Gasteiger partial charge in [-0.3, -0.25) is 0 Å². The van der Waals surface area contributed by atoms with Gasteiger partial charge in [0.15, 0.2) is 9.84 Å². The summed E-state index contributed by atoms with van der Waals surface area (Å²) in [5.74, 6) is 1.16. The van der Waals surface area contributed by atoms with Gasteiger partial charge in [-0.1, -0.05) is 13.8 Å². The molecule has 0 radical (unpaired) electrons. The van der Waals surface area contributed by atoms with E-state index in [1.807, 2.05) is 0 Å². The molecular formula is C15H30N2O3S. The van der Waals surface area contributed by atoms with Crippen LogP contribution < -0.4 is 10.6 Å². The molecule has 2 amide bonds. The number of hydrogen-bond acceptors (Lipinski definition) is 3. The molecule has 3 atom stereocenters. The minimum Gasteiger partial charge on any atom is -0.337 e. The minimum absolute atomic E-state index is 0.0266. The Kier molecular flexibility index (Phi) is 6.08. The molecule has 0 aromatic carbocycles. The Hall–Kier alpha value is -0.780. The van der Waals surface area contributed by atoms with E-state index < -0.39 is 14.6 Å². The summed E-state index contributed by atoms with van der Waals surface area (Å²) in [5.41, 5.74) is 0. The standard InChI is InChI=1S/C15H30N2O3S/c1-11-6-7-13(12(2)10-11)17-14(18)16-8-9-21(19,20)15(3,4)5/h11-13H,6-10H2,1-5H3,(H2,16,17,18)/t11-,12-,13+/m1/s1. The molecule has 124 valence electrons. The molecule has 1 fully saturated rings. The highest BCUT2D eigenvalue weighted by atomic mass is 32.2. The van der Waals surface area contributed by atoms with E-state index in [1.54, 1.807) is 20.8 Å². The number of nitrogens with one attached hydrogen (secondary N) is 2. The molecule has 0 heterocycles. The van der Waals surface area contributed by atoms with E-state index in [9.17, 15) is 13.2 Å². The van der Waals surface area contributed by atoms with Gasteiger partial charge in [0, 0.05) is 12.6 Å². The van der Waals surface area contributed by atoms with Gasteiger partial charge in [0.1, 0.15) is 0 Å². The quantitative estimate of drug-likeness (QED) is 0.835. The van der Waals surface area contributed by atoms with Crippen LogP contribution in [0.1, 0.15) is 53.9 Å². The molecule has 0 unspecified atom stereocenters. The number of hydrogen-bond donors (Lipinski definition) is 2. The van der Waals surface area contributed by atoms with Gasteiger partial charge in [-0.2, -0.15) is 0 Å². The van der Waals surface area contributed by atoms with E-state index in [0.29, 0.717) is 5.92 Å². The summed E-state index contributed by atoms with van der Waals surface area (Å²) in [4.78, 5) is 11.9. The first-order valence-electron chi connectivity index (χ1n) is 7.79. The van der Waals surface area contributed by atoms with Gasteiger partial charge in [0.05, 0.1) is 10.5 Å². The molecule has 6 heteroatoms. The third-order valence-corrected chi connectivity index (χ3v) is 6.94. The highest BCUT2D eigenvalue weighted by molar-refractivity contribution is 7.92. The van der Waals surface area contributed by atoms with Crippen LogP contribution in [0, 0.1) is 11.8 Å². The zero-order chi connectivity index (χ0) is 16.3. The summed E-state index contributed by atoms with van der Waals surface area (Å²) in [6.45, 7) is 9.57. The summed E-state index contributed by atoms with van der Waals surface area (Å²) in [5, 5.41) is 5.63. The van der Waals surface area contributed by atoms with Crippen LogP contribution in [0.2, 0.25) is 0 Å². The maximum Gasteiger partial charge on any atom is 0.315 e. The topological polar surface area (TPSA) is 75.3 Å². The van der Waals surface area contributed by atoms with Crippen molar-refractivity contribution in [2.45, 2.75) is 64.7 Å². The molecule has 0 aliphatic heterocycles. The van der Waals surface area contributed by atoms with Crippen molar-refractivity contribution in [3.05, 3.63) is 0 Å². The lowest BCUT2D eigenvalue weighted by Gasteiger charge is -2.33. The second-order valence-corrected chi connectivity index (χ2v) is 10.2. The van der Waals surface area contributed by atoms with Crippen LogP contribution in [0.4, 0.5) is 4.79 Å². The number of urea groups is 1. The summed E-state index contributed by atoms with van der Waals surface area (Å²) >= 11 is 0. The molecule has 0 aromatic heterocycles. The average molecular weight is 318 g/mol. The third kappa shape index (κ3) is 5.49. The highest BCUT2D eigenvalue weighted by Crippen LogP contribution is 2.28. The molecular weight excluding hydrogens is 288 g/mol. The van der Waals surface area contributed by atoms with Gasteiger partial charge < -0.3 is 10.6 Å². The number of amides is 2. The fraction of sp³-hybridized carbons (Fsp3) is 0.933. The van der Waals surface area contributed by atoms with Gasteiger partial charge >= 0.3 is 6.03 Å². The zero-order valence-electron chi connectivity index (χ0n) is 13.9. The molecule has 0 saturated heterocycles. The molecule has 0 bridgehead atoms. The first kappa shape index (κ1) is 18.3. The van der Waals surface area contributed by atoms with E-state index in [0.717, 1.165) is 25.2 Å². The Bertz CT molecular complexity index is 454. The number of sulfone groups is 1. The van der Waals surface area contributed by atoms with E-state index >= 15 is 0 Å². The van der Waals surface area contributed by atoms with Crippen LogP contribution in [0.3, 0.4) is 0 Å². The van der Waals surface area contributed by atoms with Crippen LogP contribution in [-0.4, -0.2) is 37.5 Å². The van der Waals surface area contributed by atoms with Gasteiger partial charge in [-0.15, -0.1) is 0 Å². The molecule has 21 heavy (non-hydrogen) atoms. The van der Waals surface area contributed by atoms with Gasteiger partial charge in [0.2, 0.25) is 0 Å². The van der Waals surface area contributed by atoms with Crippen molar-refractivity contribution in [3.8, 4) is 0 Å². The Balaban J connectivity index is 2.35. The maximum absolute atomic E-state index is 11.9. The SMILES string of the molecule is C[C@@H]1CC[C@H](NC(=O)NCCS(=O)(=O)C(C)(C)C)[C@H](C)C1. The predicted molar refractivity (Wildman–Crippen MR) is 86.0 cm³/mol. The van der Waals surface area contributed by atoms with E-state index in [-0.39, 0.29) is 24.4 Å². The largest absolute Gasteiger partial charge is 0.337 e. The fourth-order valence-electron chi connectivity index (χ4n) is 2.70. The van der Waals surface area contributed by atoms with Crippen LogP contribution in [-0.2, 0) is 9.84 Å². The van der Waals surface area contributed by atoms with E-state index in [4.69, 9.17) is 0 Å². The predicted octanol–water partition coefficient (Wildman–Crippen LogP) is 2.32. The van der Waals surface area contributed by atoms with Gasteiger partial charge in [-0.05, 0) is 51.9 Å². The smallest absolute Gasteiger partial charge is 0.315 e. The van der Waals surface area contributed by atoms with Gasteiger partial charge in [0.25, 0.3) is 0 Å². The Morgan fingerprint density at radius 1 is 1.19 bits per heavy atom. The molecule has 1 aliphatic rings. The normalized spacial score (nSPS) is 27.2. The van der Waals surface area contributed by atoms with Crippen LogP contribution in [0.25, 0.3) is 0 Å². The lowest BCUT2D eigenvalue weighted by atomic mass is 9.80. The van der Waals surface area contributed by atoms with Crippen molar-refractivity contribution in [1.82, 2.24) is 10.6 Å². The molecule has 5 nitrogen and oxygen atoms in total. The lowest BCUT2D eigenvalue weighted by molar-refractivity contribution is 0.207. The molecule has 0 aromatic rings. The van der Waals surface area contributed by atoms with Crippen LogP contribution in [0.15, 0.2) is 0 Å². The number of rotatable bonds is 4. The second kappa shape index (κ2) is 6.99. The summed E-state index contributed by atoms with van der Waals surface area (Å²) in [7, 11) is -3.19. The first-order valence-corrected chi connectivity index (χ1v) is 9.45. The average Bonchev–Trinajstić information content (AvgIpc) is 2.31. The van der Waals surface area contributed by atoms with Crippen molar-refractivity contribution in [3.63, 3.8) is 0 Å². The number of carbonyl (C=O) groups excluding carboxylic acids is 1. The van der Waals surface area contributed by atoms with Crippen LogP contribution >= 0.6 is 0 Å². The fourth-order valence-corrected chi connectivity index (χ4v) is 3.69. The second-order valence-electron chi connectivity index (χ2n) is 7.33. The van der Waals surface area contributed by atoms with Gasteiger partial charge in [-0.25, -0.2) is 13.2 Å². The van der Waals surface area contributed by atoms with Crippen LogP contribution in [0.5, 0.6) is 0 Å². The molecule has 1 aliphatic carbocycles. The Morgan fingerprint density at radius 2 is 1.81 bits per heavy atom. The summed E-state index contributed by atoms with van der Waals surface area (Å²) < 4.78 is 23.1. The van der Waals surface area contributed by atoms with E-state index in [2.05, 4.69) is 24.5 Å². The van der Waals surface area contributed by atoms with Crippen molar-refractivity contribution < 1.29 is 13.2 Å². The molecule has 2 N–H and O–H groups in total. The molecule has 0 spiro atoms. The van der Waals surface area contributed by atoms with Crippen molar-refractivity contribution in [2.24, 2.45) is 11.8 Å². The molecule has 1 rings (SSSR count). The van der Waals surface area contributed by atoms with Crippen molar-refractivity contribution in [1.29, 1.82) is 0 Å². The van der Waals surface area contributed by atoms with Crippen molar-refractivity contribution in [2.75, 3.05) is 12.3 Å². The Morgan fingerprint density at radius 3 is 2.33 bits per heavy atom. The molecule has 1 saturated carbocycles. The summed E-state index contributed by atoms with van der Waals surface area (Å²) in [6.07, 6.45) is 3.26. The van der Waals surface area contributed by atoms with E-state index in [1.165, 1.54) is 0 Å².